The van der Waals surface area contributed by atoms with Crippen molar-refractivity contribution in [2.45, 2.75) is 78.0 Å². The first-order valence-corrected chi connectivity index (χ1v) is 12.3. The summed E-state index contributed by atoms with van der Waals surface area (Å²) in [5.41, 5.74) is 4.96. The lowest BCUT2D eigenvalue weighted by Crippen LogP contribution is -2.71. The average molecular weight is 462 g/mol. The van der Waals surface area contributed by atoms with Gasteiger partial charge in [-0.25, -0.2) is 9.78 Å². The number of piperidine rings is 2. The highest BCUT2D eigenvalue weighted by molar-refractivity contribution is 5.67. The third-order valence-electron chi connectivity index (χ3n) is 7.51. The van der Waals surface area contributed by atoms with Crippen LogP contribution in [0.1, 0.15) is 64.8 Å². The van der Waals surface area contributed by atoms with Gasteiger partial charge in [-0.1, -0.05) is 40.7 Å². The molecule has 34 heavy (non-hydrogen) atoms. The number of imidazole rings is 1. The molecule has 3 aromatic heterocycles. The summed E-state index contributed by atoms with van der Waals surface area (Å²) in [6.45, 7) is 12.3. The molecule has 1 N–H and O–H groups in total. The zero-order valence-electron chi connectivity index (χ0n) is 20.8. The Hall–Kier alpha value is -2.93. The number of amides is 1. The van der Waals surface area contributed by atoms with E-state index in [1.807, 2.05) is 24.4 Å². The van der Waals surface area contributed by atoms with Gasteiger partial charge in [0.25, 0.3) is 0 Å². The van der Waals surface area contributed by atoms with E-state index in [0.717, 1.165) is 54.2 Å². The van der Waals surface area contributed by atoms with Gasteiger partial charge in [0, 0.05) is 48.8 Å². The topological polar surface area (TPSA) is 74.0 Å². The second kappa shape index (κ2) is 8.38. The van der Waals surface area contributed by atoms with Crippen molar-refractivity contribution in [3.05, 3.63) is 54.1 Å². The summed E-state index contributed by atoms with van der Waals surface area (Å²) in [4.78, 5) is 26.1. The van der Waals surface area contributed by atoms with Gasteiger partial charge in [0.2, 0.25) is 0 Å². The molecule has 1 amide bonds. The van der Waals surface area contributed by atoms with Crippen LogP contribution in [-0.2, 0) is 6.54 Å². The number of hydrogen-bond acceptors (Lipinski definition) is 4. The van der Waals surface area contributed by atoms with Crippen LogP contribution in [0.3, 0.4) is 0 Å². The Morgan fingerprint density at radius 2 is 1.97 bits per heavy atom. The fraction of sp³-hybridized carbons (Fsp3) is 0.519. The van der Waals surface area contributed by atoms with Crippen LogP contribution in [0.5, 0.6) is 0 Å². The van der Waals surface area contributed by atoms with E-state index in [1.54, 1.807) is 4.90 Å². The Kier molecular flexibility index (Phi) is 5.63. The van der Waals surface area contributed by atoms with Gasteiger partial charge in [-0.15, -0.1) is 0 Å². The molecule has 180 valence electrons. The lowest BCUT2D eigenvalue weighted by Gasteiger charge is -2.59. The molecule has 7 heteroatoms. The Morgan fingerprint density at radius 1 is 1.18 bits per heavy atom. The van der Waals surface area contributed by atoms with Crippen LogP contribution >= 0.6 is 0 Å². The molecule has 3 fully saturated rings. The highest BCUT2D eigenvalue weighted by Crippen LogP contribution is 2.42. The van der Waals surface area contributed by atoms with Crippen LogP contribution in [0.25, 0.3) is 16.9 Å². The molecule has 0 spiro atoms. The quantitative estimate of drug-likeness (QED) is 0.574. The Morgan fingerprint density at radius 3 is 2.62 bits per heavy atom. The first-order chi connectivity index (χ1) is 16.1. The van der Waals surface area contributed by atoms with Crippen LogP contribution in [-0.4, -0.2) is 60.0 Å². The number of hydrogen-bond donors (Lipinski definition) is 1. The highest BCUT2D eigenvalue weighted by Gasteiger charge is 2.52. The SMILES string of the molecule is CC(C)c1ccc(-c2nc3ccccn3c2CN2CC3CCC2C(C(C)(C)C)N3C(=O)O)cn1. The molecule has 0 radical (unpaired) electrons. The van der Waals surface area contributed by atoms with Gasteiger partial charge in [-0.2, -0.15) is 0 Å². The molecule has 3 aliphatic heterocycles. The third-order valence-corrected chi connectivity index (χ3v) is 7.51. The van der Waals surface area contributed by atoms with E-state index in [2.05, 4.69) is 67.2 Å². The zero-order valence-corrected chi connectivity index (χ0v) is 20.8. The third kappa shape index (κ3) is 3.86. The minimum absolute atomic E-state index is 0.0290. The van der Waals surface area contributed by atoms with Crippen molar-refractivity contribution < 1.29 is 9.90 Å². The van der Waals surface area contributed by atoms with Gasteiger partial charge in [0.15, 0.2) is 0 Å². The number of fused-ring (bicyclic) bond motifs is 4. The summed E-state index contributed by atoms with van der Waals surface area (Å²) in [7, 11) is 0. The molecule has 3 unspecified atom stereocenters. The maximum atomic E-state index is 12.2. The van der Waals surface area contributed by atoms with Crippen molar-refractivity contribution >= 4 is 11.7 Å². The minimum atomic E-state index is -0.791. The molecular weight excluding hydrogens is 426 g/mol. The zero-order chi connectivity index (χ0) is 24.2. The lowest BCUT2D eigenvalue weighted by molar-refractivity contribution is -0.0919. The maximum Gasteiger partial charge on any atom is 0.407 e. The number of piperazine rings is 1. The minimum Gasteiger partial charge on any atom is -0.465 e. The fourth-order valence-corrected chi connectivity index (χ4v) is 6.00. The molecule has 6 heterocycles. The monoisotopic (exact) mass is 461 g/mol. The number of carbonyl (C=O) groups is 1. The predicted octanol–water partition coefficient (Wildman–Crippen LogP) is 5.26. The van der Waals surface area contributed by atoms with E-state index in [1.165, 1.54) is 0 Å². The Labute approximate surface area is 201 Å². The molecule has 2 bridgehead atoms. The molecule has 3 aliphatic rings. The van der Waals surface area contributed by atoms with Gasteiger partial charge < -0.3 is 9.51 Å². The van der Waals surface area contributed by atoms with Gasteiger partial charge in [-0.05, 0) is 48.4 Å². The van der Waals surface area contributed by atoms with Crippen molar-refractivity contribution in [2.75, 3.05) is 6.54 Å². The Bertz CT molecular complexity index is 1190. The second-order valence-electron chi connectivity index (χ2n) is 11.2. The molecule has 7 nitrogen and oxygen atoms in total. The molecule has 3 atom stereocenters. The Balaban J connectivity index is 1.54. The predicted molar refractivity (Wildman–Crippen MR) is 133 cm³/mol. The lowest BCUT2D eigenvalue weighted by atomic mass is 9.73. The van der Waals surface area contributed by atoms with E-state index in [0.29, 0.717) is 5.92 Å². The van der Waals surface area contributed by atoms with Crippen molar-refractivity contribution in [3.63, 3.8) is 0 Å². The standard InChI is InChI=1S/C27H35N5O2/c1-17(2)20-11-9-18(14-28-20)24-22(31-13-7-6-8-23(31)29-24)16-30-15-19-10-12-21(30)25(27(3,4)5)32(19)26(33)34/h6-9,11,13-14,17,19,21,25H,10,12,15-16H2,1-5H3,(H,33,34). The molecular formula is C27H35N5O2. The normalized spacial score (nSPS) is 23.2. The molecule has 0 aromatic carbocycles. The van der Waals surface area contributed by atoms with Gasteiger partial charge in [-0.3, -0.25) is 14.8 Å². The van der Waals surface area contributed by atoms with E-state index in [4.69, 9.17) is 4.98 Å². The number of pyridine rings is 2. The van der Waals surface area contributed by atoms with E-state index >= 15 is 0 Å². The summed E-state index contributed by atoms with van der Waals surface area (Å²) in [6, 6.07) is 10.5. The maximum absolute atomic E-state index is 12.2. The number of rotatable bonds is 4. The molecule has 3 aromatic rings. The summed E-state index contributed by atoms with van der Waals surface area (Å²) >= 11 is 0. The fourth-order valence-electron chi connectivity index (χ4n) is 6.00. The first-order valence-electron chi connectivity index (χ1n) is 12.3. The summed E-state index contributed by atoms with van der Waals surface area (Å²) in [5.74, 6) is 0.380. The number of carboxylic acid groups (broad SMARTS) is 1. The van der Waals surface area contributed by atoms with Crippen molar-refractivity contribution in [1.82, 2.24) is 24.2 Å². The molecule has 0 saturated carbocycles. The molecule has 3 saturated heterocycles. The van der Waals surface area contributed by atoms with Gasteiger partial charge in [0.1, 0.15) is 5.65 Å². The average Bonchev–Trinajstić information content (AvgIpc) is 3.16. The summed E-state index contributed by atoms with van der Waals surface area (Å²) < 4.78 is 2.18. The number of nitrogens with zero attached hydrogens (tertiary/aromatic N) is 5. The molecule has 0 aliphatic carbocycles. The van der Waals surface area contributed by atoms with Crippen LogP contribution in [0, 0.1) is 5.41 Å². The van der Waals surface area contributed by atoms with Gasteiger partial charge >= 0.3 is 6.09 Å². The highest BCUT2D eigenvalue weighted by atomic mass is 16.4. The van der Waals surface area contributed by atoms with E-state index < -0.39 is 6.09 Å². The van der Waals surface area contributed by atoms with Crippen molar-refractivity contribution in [3.8, 4) is 11.3 Å². The van der Waals surface area contributed by atoms with Gasteiger partial charge in [0.05, 0.1) is 17.4 Å². The van der Waals surface area contributed by atoms with Crippen LogP contribution in [0.4, 0.5) is 4.79 Å². The van der Waals surface area contributed by atoms with Crippen LogP contribution < -0.4 is 0 Å². The largest absolute Gasteiger partial charge is 0.465 e. The van der Waals surface area contributed by atoms with Crippen molar-refractivity contribution in [1.29, 1.82) is 0 Å². The van der Waals surface area contributed by atoms with E-state index in [9.17, 15) is 9.90 Å². The van der Waals surface area contributed by atoms with E-state index in [-0.39, 0.29) is 23.5 Å². The smallest absolute Gasteiger partial charge is 0.407 e. The number of aromatic nitrogens is 3. The van der Waals surface area contributed by atoms with Crippen LogP contribution in [0.15, 0.2) is 42.7 Å². The first kappa shape index (κ1) is 22.8. The summed E-state index contributed by atoms with van der Waals surface area (Å²) in [5, 5.41) is 10.0. The molecule has 6 rings (SSSR count). The summed E-state index contributed by atoms with van der Waals surface area (Å²) in [6.07, 6.45) is 5.17. The van der Waals surface area contributed by atoms with Crippen LogP contribution in [0.2, 0.25) is 0 Å². The van der Waals surface area contributed by atoms with Crippen molar-refractivity contribution in [2.24, 2.45) is 5.41 Å². The second-order valence-corrected chi connectivity index (χ2v) is 11.2.